The monoisotopic (exact) mass is 429 g/mol. The molecule has 0 saturated heterocycles. The molecule has 0 saturated carbocycles. The highest BCUT2D eigenvalue weighted by Crippen LogP contribution is 2.30. The number of benzene rings is 2. The van der Waals surface area contributed by atoms with Crippen molar-refractivity contribution < 1.29 is 4.79 Å². The van der Waals surface area contributed by atoms with E-state index in [1.54, 1.807) is 0 Å². The number of allylic oxidation sites excluding steroid dienone is 1. The molecule has 0 unspecified atom stereocenters. The highest BCUT2D eigenvalue weighted by atomic mass is 79.9. The summed E-state index contributed by atoms with van der Waals surface area (Å²) in [7, 11) is 0. The maximum atomic E-state index is 13.1. The molecule has 134 valence electrons. The van der Waals surface area contributed by atoms with E-state index < -0.39 is 0 Å². The van der Waals surface area contributed by atoms with Crippen molar-refractivity contribution in [2.75, 3.05) is 5.32 Å². The van der Waals surface area contributed by atoms with E-state index in [9.17, 15) is 4.79 Å². The Bertz CT molecular complexity index is 923. The predicted octanol–water partition coefficient (Wildman–Crippen LogP) is 4.50. The lowest BCUT2D eigenvalue weighted by Crippen LogP contribution is -2.45. The fraction of sp³-hybridized carbons (Fsp3) is 0.200. The minimum absolute atomic E-state index is 0.149. The highest BCUT2D eigenvalue weighted by molar-refractivity contribution is 9.10. The summed E-state index contributed by atoms with van der Waals surface area (Å²) >= 11 is 8.79. The van der Waals surface area contributed by atoms with E-state index in [1.165, 1.54) is 0 Å². The van der Waals surface area contributed by atoms with Crippen molar-refractivity contribution in [3.8, 4) is 0 Å². The summed E-state index contributed by atoms with van der Waals surface area (Å²) in [6.07, 6.45) is 0. The van der Waals surface area contributed by atoms with Crippen LogP contribution in [0.4, 0.5) is 5.69 Å². The van der Waals surface area contributed by atoms with E-state index in [0.717, 1.165) is 32.5 Å². The molecule has 2 aromatic carbocycles. The third-order valence-electron chi connectivity index (χ3n) is 4.55. The fourth-order valence-corrected chi connectivity index (χ4v) is 3.70. The van der Waals surface area contributed by atoms with E-state index >= 15 is 0 Å². The number of rotatable bonds is 3. The number of halogens is 1. The zero-order valence-corrected chi connectivity index (χ0v) is 17.2. The zero-order chi connectivity index (χ0) is 18.8. The number of thiocarbonyl (C=S) groups is 1. The van der Waals surface area contributed by atoms with Crippen LogP contribution in [0, 0.1) is 13.8 Å². The number of hydrogen-bond donors (Lipinski definition) is 3. The Hall–Kier alpha value is -2.18. The number of anilines is 1. The first-order valence-corrected chi connectivity index (χ1v) is 9.48. The van der Waals surface area contributed by atoms with Crippen LogP contribution in [0.25, 0.3) is 0 Å². The number of amides is 1. The number of hydrogen-bond acceptors (Lipinski definition) is 2. The molecule has 0 aliphatic carbocycles. The Balaban J connectivity index is 1.98. The Kier molecular flexibility index (Phi) is 5.44. The molecule has 1 amide bonds. The van der Waals surface area contributed by atoms with Crippen LogP contribution in [0.1, 0.15) is 29.7 Å². The van der Waals surface area contributed by atoms with Gasteiger partial charge in [0.1, 0.15) is 0 Å². The first kappa shape index (κ1) is 18.6. The molecule has 0 fully saturated rings. The van der Waals surface area contributed by atoms with Crippen molar-refractivity contribution in [1.29, 1.82) is 0 Å². The molecule has 0 radical (unpaired) electrons. The van der Waals surface area contributed by atoms with Crippen LogP contribution in [0.5, 0.6) is 0 Å². The normalized spacial score (nSPS) is 16.8. The van der Waals surface area contributed by atoms with Crippen LogP contribution in [-0.2, 0) is 4.79 Å². The van der Waals surface area contributed by atoms with Crippen LogP contribution < -0.4 is 16.0 Å². The second-order valence-corrected chi connectivity index (χ2v) is 7.65. The fourth-order valence-electron chi connectivity index (χ4n) is 3.01. The molecular weight excluding hydrogens is 410 g/mol. The smallest absolute Gasteiger partial charge is 0.255 e. The summed E-state index contributed by atoms with van der Waals surface area (Å²) in [6.45, 7) is 5.91. The molecule has 4 nitrogen and oxygen atoms in total. The van der Waals surface area contributed by atoms with Gasteiger partial charge in [0, 0.05) is 15.9 Å². The zero-order valence-electron chi connectivity index (χ0n) is 14.8. The van der Waals surface area contributed by atoms with Gasteiger partial charge in [0.25, 0.3) is 5.91 Å². The molecule has 1 heterocycles. The quantitative estimate of drug-likeness (QED) is 0.628. The second-order valence-electron chi connectivity index (χ2n) is 6.33. The van der Waals surface area contributed by atoms with Crippen molar-refractivity contribution in [3.63, 3.8) is 0 Å². The van der Waals surface area contributed by atoms with E-state index in [2.05, 4.69) is 31.9 Å². The number of carbonyl (C=O) groups excluding carboxylic acids is 1. The van der Waals surface area contributed by atoms with Gasteiger partial charge >= 0.3 is 0 Å². The summed E-state index contributed by atoms with van der Waals surface area (Å²) in [5, 5.41) is 9.84. The van der Waals surface area contributed by atoms with Crippen LogP contribution in [0.2, 0.25) is 0 Å². The Morgan fingerprint density at radius 2 is 1.88 bits per heavy atom. The van der Waals surface area contributed by atoms with Crippen LogP contribution in [-0.4, -0.2) is 11.0 Å². The van der Waals surface area contributed by atoms with Crippen molar-refractivity contribution >= 4 is 44.9 Å². The van der Waals surface area contributed by atoms with Gasteiger partial charge in [-0.1, -0.05) is 40.2 Å². The SMILES string of the molecule is CC1=C(C(=O)Nc2cccc(C)c2C)[C@@H](c2cccc(Br)c2)NC(=S)N1. The van der Waals surface area contributed by atoms with Gasteiger partial charge in [-0.3, -0.25) is 4.79 Å². The summed E-state index contributed by atoms with van der Waals surface area (Å²) in [5.74, 6) is -0.149. The molecule has 0 aromatic heterocycles. The number of nitrogens with one attached hydrogen (secondary N) is 3. The van der Waals surface area contributed by atoms with Crippen LogP contribution in [0.3, 0.4) is 0 Å². The maximum absolute atomic E-state index is 13.1. The molecular formula is C20H20BrN3OS. The van der Waals surface area contributed by atoms with E-state index in [4.69, 9.17) is 12.2 Å². The average Bonchev–Trinajstić information content (AvgIpc) is 2.58. The standard InChI is InChI=1S/C20H20BrN3OS/c1-11-6-4-9-16(12(11)2)23-19(25)17-13(3)22-20(26)24-18(17)14-7-5-8-15(21)10-14/h4-10,18H,1-3H3,(H,23,25)(H2,22,24,26)/t18-/m1/s1. The van der Waals surface area contributed by atoms with Crippen molar-refractivity contribution in [2.24, 2.45) is 0 Å². The van der Waals surface area contributed by atoms with E-state index in [0.29, 0.717) is 10.7 Å². The Labute approximate surface area is 167 Å². The first-order chi connectivity index (χ1) is 12.4. The van der Waals surface area contributed by atoms with E-state index in [1.807, 2.05) is 63.2 Å². The van der Waals surface area contributed by atoms with Gasteiger partial charge in [-0.15, -0.1) is 0 Å². The Morgan fingerprint density at radius 1 is 1.15 bits per heavy atom. The Morgan fingerprint density at radius 3 is 2.62 bits per heavy atom. The minimum atomic E-state index is -0.314. The highest BCUT2D eigenvalue weighted by Gasteiger charge is 2.30. The second kappa shape index (κ2) is 7.60. The lowest BCUT2D eigenvalue weighted by Gasteiger charge is -2.30. The molecule has 2 aromatic rings. The van der Waals surface area contributed by atoms with Gasteiger partial charge in [0.2, 0.25) is 0 Å². The van der Waals surface area contributed by atoms with Crippen molar-refractivity contribution in [3.05, 3.63) is 74.9 Å². The molecule has 6 heteroatoms. The third kappa shape index (κ3) is 3.81. The van der Waals surface area contributed by atoms with Gasteiger partial charge in [-0.25, -0.2) is 0 Å². The topological polar surface area (TPSA) is 53.2 Å². The van der Waals surface area contributed by atoms with Gasteiger partial charge in [0.15, 0.2) is 5.11 Å². The molecule has 1 aliphatic rings. The van der Waals surface area contributed by atoms with Crippen molar-refractivity contribution in [1.82, 2.24) is 10.6 Å². The molecule has 0 spiro atoms. The van der Waals surface area contributed by atoms with Crippen LogP contribution in [0.15, 0.2) is 58.2 Å². The summed E-state index contributed by atoms with van der Waals surface area (Å²) in [4.78, 5) is 13.1. The van der Waals surface area contributed by atoms with Crippen molar-refractivity contribution in [2.45, 2.75) is 26.8 Å². The molecule has 3 rings (SSSR count). The summed E-state index contributed by atoms with van der Waals surface area (Å²) < 4.78 is 0.952. The van der Waals surface area contributed by atoms with Gasteiger partial charge in [0.05, 0.1) is 11.6 Å². The van der Waals surface area contributed by atoms with Crippen LogP contribution >= 0.6 is 28.1 Å². The maximum Gasteiger partial charge on any atom is 0.255 e. The lowest BCUT2D eigenvalue weighted by atomic mass is 9.95. The van der Waals surface area contributed by atoms with E-state index in [-0.39, 0.29) is 11.9 Å². The largest absolute Gasteiger partial charge is 0.351 e. The van der Waals surface area contributed by atoms with Gasteiger partial charge in [-0.05, 0) is 67.9 Å². The minimum Gasteiger partial charge on any atom is -0.351 e. The molecule has 1 aliphatic heterocycles. The molecule has 3 N–H and O–H groups in total. The molecule has 1 atom stereocenters. The average molecular weight is 430 g/mol. The number of aryl methyl sites for hydroxylation is 1. The predicted molar refractivity (Wildman–Crippen MR) is 113 cm³/mol. The van der Waals surface area contributed by atoms with Gasteiger partial charge < -0.3 is 16.0 Å². The lowest BCUT2D eigenvalue weighted by molar-refractivity contribution is -0.113. The molecule has 0 bridgehead atoms. The number of carbonyl (C=O) groups is 1. The van der Waals surface area contributed by atoms with Gasteiger partial charge in [-0.2, -0.15) is 0 Å². The molecule has 26 heavy (non-hydrogen) atoms. The first-order valence-electron chi connectivity index (χ1n) is 8.28. The summed E-state index contributed by atoms with van der Waals surface area (Å²) in [6, 6.07) is 13.4. The third-order valence-corrected chi connectivity index (χ3v) is 5.26. The summed E-state index contributed by atoms with van der Waals surface area (Å²) in [5.41, 5.74) is 5.35.